The molecule has 2 rings (SSSR count). The van der Waals surface area contributed by atoms with Gasteiger partial charge in [0.1, 0.15) is 0 Å². The van der Waals surface area contributed by atoms with Gasteiger partial charge in [-0.25, -0.2) is 19.6 Å². The Morgan fingerprint density at radius 2 is 1.81 bits per heavy atom. The molecule has 3 N–H and O–H groups in total. The van der Waals surface area contributed by atoms with Crippen LogP contribution in [-0.4, -0.2) is 33.6 Å². The SMILES string of the molecule is O=C(NCCc1ccccc1C(=O)O)Nc1ncccn1. The van der Waals surface area contributed by atoms with E-state index in [1.54, 1.807) is 24.3 Å². The predicted octanol–water partition coefficient (Wildman–Crippen LogP) is 1.54. The molecule has 0 aliphatic rings. The second-order valence-electron chi connectivity index (χ2n) is 4.17. The number of nitrogens with one attached hydrogen (secondary N) is 2. The van der Waals surface area contributed by atoms with Crippen LogP contribution < -0.4 is 10.6 Å². The topological polar surface area (TPSA) is 104 Å². The number of rotatable bonds is 5. The van der Waals surface area contributed by atoms with Crippen LogP contribution in [0, 0.1) is 0 Å². The van der Waals surface area contributed by atoms with Crippen molar-refractivity contribution in [2.45, 2.75) is 6.42 Å². The van der Waals surface area contributed by atoms with Gasteiger partial charge < -0.3 is 10.4 Å². The van der Waals surface area contributed by atoms with Crippen molar-refractivity contribution in [1.82, 2.24) is 15.3 Å². The maximum atomic E-state index is 11.6. The summed E-state index contributed by atoms with van der Waals surface area (Å²) in [6.07, 6.45) is 3.46. The Labute approximate surface area is 121 Å². The third kappa shape index (κ3) is 4.27. The lowest BCUT2D eigenvalue weighted by Gasteiger charge is -2.08. The molecule has 0 fully saturated rings. The summed E-state index contributed by atoms with van der Waals surface area (Å²) in [5.74, 6) is -0.770. The number of anilines is 1. The lowest BCUT2D eigenvalue weighted by Crippen LogP contribution is -2.31. The zero-order chi connectivity index (χ0) is 15.1. The van der Waals surface area contributed by atoms with Gasteiger partial charge in [-0.3, -0.25) is 5.32 Å². The van der Waals surface area contributed by atoms with Gasteiger partial charge >= 0.3 is 12.0 Å². The average molecular weight is 286 g/mol. The normalized spacial score (nSPS) is 9.90. The van der Waals surface area contributed by atoms with E-state index in [1.807, 2.05) is 0 Å². The Hall–Kier alpha value is -2.96. The fourth-order valence-electron chi connectivity index (χ4n) is 1.77. The molecule has 0 bridgehead atoms. The van der Waals surface area contributed by atoms with Gasteiger partial charge in [0.05, 0.1) is 5.56 Å². The van der Waals surface area contributed by atoms with Crippen LogP contribution in [0.5, 0.6) is 0 Å². The highest BCUT2D eigenvalue weighted by atomic mass is 16.4. The number of aromatic nitrogens is 2. The smallest absolute Gasteiger partial charge is 0.335 e. The Morgan fingerprint density at radius 1 is 1.10 bits per heavy atom. The van der Waals surface area contributed by atoms with E-state index >= 15 is 0 Å². The summed E-state index contributed by atoms with van der Waals surface area (Å²) in [4.78, 5) is 30.4. The van der Waals surface area contributed by atoms with Crippen LogP contribution in [-0.2, 0) is 6.42 Å². The summed E-state index contributed by atoms with van der Waals surface area (Å²) in [6.45, 7) is 0.308. The monoisotopic (exact) mass is 286 g/mol. The van der Waals surface area contributed by atoms with E-state index in [0.717, 1.165) is 0 Å². The van der Waals surface area contributed by atoms with E-state index in [0.29, 0.717) is 18.5 Å². The quantitative estimate of drug-likeness (QED) is 0.773. The lowest BCUT2D eigenvalue weighted by atomic mass is 10.0. The third-order valence-electron chi connectivity index (χ3n) is 2.72. The Kier molecular flexibility index (Phi) is 4.81. The molecule has 0 aliphatic heterocycles. The molecule has 7 nitrogen and oxygen atoms in total. The number of carbonyl (C=O) groups excluding carboxylic acids is 1. The number of carbonyl (C=O) groups is 2. The minimum atomic E-state index is -0.979. The Balaban J connectivity index is 1.84. The first kappa shape index (κ1) is 14.4. The van der Waals surface area contributed by atoms with Crippen LogP contribution in [0.1, 0.15) is 15.9 Å². The second kappa shape index (κ2) is 6.99. The van der Waals surface area contributed by atoms with Gasteiger partial charge in [0.15, 0.2) is 0 Å². The average Bonchev–Trinajstić information content (AvgIpc) is 2.48. The standard InChI is InChI=1S/C14H14N4O3/c19-12(20)11-5-2-1-4-10(11)6-9-17-14(21)18-13-15-7-3-8-16-13/h1-5,7-8H,6,9H2,(H,19,20)(H2,15,16,17,18,21). The molecule has 0 saturated carbocycles. The van der Waals surface area contributed by atoms with E-state index in [1.165, 1.54) is 18.5 Å². The first-order valence-corrected chi connectivity index (χ1v) is 6.30. The molecule has 7 heteroatoms. The first-order valence-electron chi connectivity index (χ1n) is 6.30. The van der Waals surface area contributed by atoms with Crippen molar-refractivity contribution in [2.75, 3.05) is 11.9 Å². The lowest BCUT2D eigenvalue weighted by molar-refractivity contribution is 0.0695. The highest BCUT2D eigenvalue weighted by Crippen LogP contribution is 2.09. The number of carboxylic acids is 1. The van der Waals surface area contributed by atoms with E-state index in [2.05, 4.69) is 20.6 Å². The number of hydrogen-bond acceptors (Lipinski definition) is 4. The van der Waals surface area contributed by atoms with Crippen molar-refractivity contribution in [2.24, 2.45) is 0 Å². The molecule has 0 unspecified atom stereocenters. The van der Waals surface area contributed by atoms with E-state index in [9.17, 15) is 9.59 Å². The molecule has 21 heavy (non-hydrogen) atoms. The number of aromatic carboxylic acids is 1. The third-order valence-corrected chi connectivity index (χ3v) is 2.72. The number of carboxylic acid groups (broad SMARTS) is 1. The van der Waals surface area contributed by atoms with Crippen molar-refractivity contribution < 1.29 is 14.7 Å². The van der Waals surface area contributed by atoms with Gasteiger partial charge in [-0.05, 0) is 24.1 Å². The van der Waals surface area contributed by atoms with Crippen LogP contribution in [0.2, 0.25) is 0 Å². The molecule has 0 radical (unpaired) electrons. The molecule has 0 spiro atoms. The molecule has 2 amide bonds. The summed E-state index contributed by atoms with van der Waals surface area (Å²) >= 11 is 0. The molecular formula is C14H14N4O3. The van der Waals surface area contributed by atoms with Crippen molar-refractivity contribution in [1.29, 1.82) is 0 Å². The number of hydrogen-bond donors (Lipinski definition) is 3. The van der Waals surface area contributed by atoms with Gasteiger partial charge in [0, 0.05) is 18.9 Å². The van der Waals surface area contributed by atoms with Crippen LogP contribution in [0.4, 0.5) is 10.7 Å². The highest BCUT2D eigenvalue weighted by molar-refractivity contribution is 5.89. The summed E-state index contributed by atoms with van der Waals surface area (Å²) in [7, 11) is 0. The summed E-state index contributed by atoms with van der Waals surface area (Å²) in [5.41, 5.74) is 0.910. The van der Waals surface area contributed by atoms with Crippen LogP contribution in [0.3, 0.4) is 0 Å². The van der Waals surface area contributed by atoms with Crippen molar-refractivity contribution >= 4 is 17.9 Å². The zero-order valence-corrected chi connectivity index (χ0v) is 11.1. The Morgan fingerprint density at radius 3 is 2.52 bits per heavy atom. The van der Waals surface area contributed by atoms with Gasteiger partial charge in [-0.1, -0.05) is 18.2 Å². The molecule has 2 aromatic rings. The molecular weight excluding hydrogens is 272 g/mol. The van der Waals surface area contributed by atoms with Crippen LogP contribution >= 0.6 is 0 Å². The van der Waals surface area contributed by atoms with Crippen molar-refractivity contribution in [3.63, 3.8) is 0 Å². The van der Waals surface area contributed by atoms with Gasteiger partial charge in [0.2, 0.25) is 5.95 Å². The van der Waals surface area contributed by atoms with E-state index < -0.39 is 12.0 Å². The molecule has 1 heterocycles. The van der Waals surface area contributed by atoms with Gasteiger partial charge in [0.25, 0.3) is 0 Å². The van der Waals surface area contributed by atoms with Crippen LogP contribution in [0.25, 0.3) is 0 Å². The van der Waals surface area contributed by atoms with Gasteiger partial charge in [-0.2, -0.15) is 0 Å². The molecule has 1 aromatic heterocycles. The minimum absolute atomic E-state index is 0.209. The fourth-order valence-corrected chi connectivity index (χ4v) is 1.77. The summed E-state index contributed by atoms with van der Waals surface area (Å²) < 4.78 is 0. The predicted molar refractivity (Wildman–Crippen MR) is 76.2 cm³/mol. The number of urea groups is 1. The van der Waals surface area contributed by atoms with Crippen LogP contribution in [0.15, 0.2) is 42.7 Å². The number of amides is 2. The van der Waals surface area contributed by atoms with E-state index in [4.69, 9.17) is 5.11 Å². The largest absolute Gasteiger partial charge is 0.478 e. The molecule has 0 aliphatic carbocycles. The first-order chi connectivity index (χ1) is 10.2. The number of benzene rings is 1. The van der Waals surface area contributed by atoms with Crippen molar-refractivity contribution in [3.8, 4) is 0 Å². The second-order valence-corrected chi connectivity index (χ2v) is 4.17. The number of nitrogens with zero attached hydrogens (tertiary/aromatic N) is 2. The maximum absolute atomic E-state index is 11.6. The summed E-state index contributed by atoms with van der Waals surface area (Å²) in [5, 5.41) is 14.2. The highest BCUT2D eigenvalue weighted by Gasteiger charge is 2.09. The molecule has 1 aromatic carbocycles. The Bertz CT molecular complexity index is 631. The van der Waals surface area contributed by atoms with Gasteiger partial charge in [-0.15, -0.1) is 0 Å². The summed E-state index contributed by atoms with van der Waals surface area (Å²) in [6, 6.07) is 7.90. The fraction of sp³-hybridized carbons (Fsp3) is 0.143. The maximum Gasteiger partial charge on any atom is 0.335 e. The molecule has 0 saturated heterocycles. The zero-order valence-electron chi connectivity index (χ0n) is 11.1. The van der Waals surface area contributed by atoms with E-state index in [-0.39, 0.29) is 11.5 Å². The minimum Gasteiger partial charge on any atom is -0.478 e. The molecule has 0 atom stereocenters. The van der Waals surface area contributed by atoms with Crippen molar-refractivity contribution in [3.05, 3.63) is 53.9 Å². The molecule has 108 valence electrons.